The van der Waals surface area contributed by atoms with Crippen molar-refractivity contribution in [3.8, 4) is 5.75 Å². The second-order valence-electron chi connectivity index (χ2n) is 5.61. The topological polar surface area (TPSA) is 41.5 Å². The van der Waals surface area contributed by atoms with E-state index in [1.807, 2.05) is 54.6 Å². The van der Waals surface area contributed by atoms with Crippen LogP contribution in [-0.2, 0) is 12.2 Å². The summed E-state index contributed by atoms with van der Waals surface area (Å²) in [7, 11) is 0. The van der Waals surface area contributed by atoms with E-state index in [4.69, 9.17) is 4.74 Å². The zero-order valence-corrected chi connectivity index (χ0v) is 12.1. The molecule has 0 saturated carbocycles. The zero-order chi connectivity index (χ0) is 14.5. The van der Waals surface area contributed by atoms with Crippen LogP contribution in [0.25, 0.3) is 0 Å². The Morgan fingerprint density at radius 3 is 2.71 bits per heavy atom. The lowest BCUT2D eigenvalue weighted by Crippen LogP contribution is -2.43. The van der Waals surface area contributed by atoms with Gasteiger partial charge in [-0.1, -0.05) is 42.5 Å². The number of β-amino-alcohol motifs (C(OH)–C–C–N with tert-alkyl or cyclic N) is 1. The minimum absolute atomic E-state index is 0.543. The molecule has 1 unspecified atom stereocenters. The van der Waals surface area contributed by atoms with Crippen molar-refractivity contribution in [2.24, 2.45) is 0 Å². The van der Waals surface area contributed by atoms with Crippen LogP contribution in [0.15, 0.2) is 54.6 Å². The van der Waals surface area contributed by atoms with E-state index in [9.17, 15) is 5.11 Å². The second-order valence-corrected chi connectivity index (χ2v) is 5.61. The van der Waals surface area contributed by atoms with Gasteiger partial charge in [-0.3, -0.25) is 0 Å². The Kier molecular flexibility index (Phi) is 4.23. The largest absolute Gasteiger partial charge is 0.489 e. The molecule has 3 nitrogen and oxygen atoms in total. The SMILES string of the molecule is OC1(c2cccc(OCc3ccccc3)c2)CCCNC1. The average molecular weight is 283 g/mol. The fourth-order valence-electron chi connectivity index (χ4n) is 2.75. The molecule has 0 aliphatic carbocycles. The van der Waals surface area contributed by atoms with Crippen molar-refractivity contribution in [1.29, 1.82) is 0 Å². The molecule has 21 heavy (non-hydrogen) atoms. The highest BCUT2D eigenvalue weighted by Crippen LogP contribution is 2.30. The standard InChI is InChI=1S/C18H21NO2/c20-18(10-5-11-19-14-18)16-8-4-9-17(12-16)21-13-15-6-2-1-3-7-15/h1-4,6-9,12,19-20H,5,10-11,13-14H2. The lowest BCUT2D eigenvalue weighted by Gasteiger charge is -2.33. The Labute approximate surface area is 125 Å². The maximum absolute atomic E-state index is 10.7. The van der Waals surface area contributed by atoms with E-state index in [1.165, 1.54) is 0 Å². The van der Waals surface area contributed by atoms with Gasteiger partial charge in [-0.05, 0) is 42.6 Å². The van der Waals surface area contributed by atoms with Crippen LogP contribution >= 0.6 is 0 Å². The van der Waals surface area contributed by atoms with Gasteiger partial charge in [0.1, 0.15) is 18.0 Å². The van der Waals surface area contributed by atoms with Gasteiger partial charge in [-0.15, -0.1) is 0 Å². The Hall–Kier alpha value is -1.84. The summed E-state index contributed by atoms with van der Waals surface area (Å²) < 4.78 is 5.84. The molecule has 0 amide bonds. The van der Waals surface area contributed by atoms with E-state index >= 15 is 0 Å². The molecule has 3 heteroatoms. The molecule has 1 heterocycles. The Morgan fingerprint density at radius 1 is 1.10 bits per heavy atom. The van der Waals surface area contributed by atoms with Crippen molar-refractivity contribution in [3.05, 3.63) is 65.7 Å². The normalized spacial score (nSPS) is 22.0. The van der Waals surface area contributed by atoms with Crippen LogP contribution in [0.2, 0.25) is 0 Å². The van der Waals surface area contributed by atoms with Crippen LogP contribution in [0.3, 0.4) is 0 Å². The summed E-state index contributed by atoms with van der Waals surface area (Å²) in [5.74, 6) is 0.801. The lowest BCUT2D eigenvalue weighted by atomic mass is 9.86. The van der Waals surface area contributed by atoms with Gasteiger partial charge in [0.15, 0.2) is 0 Å². The smallest absolute Gasteiger partial charge is 0.120 e. The van der Waals surface area contributed by atoms with Crippen molar-refractivity contribution < 1.29 is 9.84 Å². The lowest BCUT2D eigenvalue weighted by molar-refractivity contribution is 0.0121. The molecule has 1 saturated heterocycles. The fourth-order valence-corrected chi connectivity index (χ4v) is 2.75. The van der Waals surface area contributed by atoms with E-state index in [0.717, 1.165) is 36.3 Å². The molecule has 2 aromatic rings. The molecular formula is C18H21NO2. The second kappa shape index (κ2) is 6.29. The molecule has 1 atom stereocenters. The van der Waals surface area contributed by atoms with Gasteiger partial charge >= 0.3 is 0 Å². The first-order valence-corrected chi connectivity index (χ1v) is 7.47. The molecule has 0 spiro atoms. The molecule has 110 valence electrons. The van der Waals surface area contributed by atoms with Crippen LogP contribution < -0.4 is 10.1 Å². The highest BCUT2D eigenvalue weighted by molar-refractivity contribution is 5.33. The van der Waals surface area contributed by atoms with Crippen molar-refractivity contribution in [2.45, 2.75) is 25.0 Å². The van der Waals surface area contributed by atoms with Crippen molar-refractivity contribution >= 4 is 0 Å². The number of piperidine rings is 1. The number of aliphatic hydroxyl groups is 1. The van der Waals surface area contributed by atoms with Gasteiger partial charge in [-0.25, -0.2) is 0 Å². The average Bonchev–Trinajstić information content (AvgIpc) is 2.55. The molecular weight excluding hydrogens is 262 g/mol. The first-order valence-electron chi connectivity index (χ1n) is 7.47. The van der Waals surface area contributed by atoms with Crippen molar-refractivity contribution in [3.63, 3.8) is 0 Å². The van der Waals surface area contributed by atoms with Gasteiger partial charge in [-0.2, -0.15) is 0 Å². The summed E-state index contributed by atoms with van der Waals surface area (Å²) in [4.78, 5) is 0. The van der Waals surface area contributed by atoms with E-state index in [1.54, 1.807) is 0 Å². The number of benzene rings is 2. The first kappa shape index (κ1) is 14.1. The summed E-state index contributed by atoms with van der Waals surface area (Å²) in [6.07, 6.45) is 1.79. The predicted molar refractivity (Wildman–Crippen MR) is 83.2 cm³/mol. The van der Waals surface area contributed by atoms with E-state index < -0.39 is 5.60 Å². The van der Waals surface area contributed by atoms with Gasteiger partial charge in [0.05, 0.1) is 0 Å². The van der Waals surface area contributed by atoms with Crippen LogP contribution in [0.4, 0.5) is 0 Å². The summed E-state index contributed by atoms with van der Waals surface area (Å²) in [6.45, 7) is 2.13. The molecule has 2 N–H and O–H groups in total. The quantitative estimate of drug-likeness (QED) is 0.906. The molecule has 0 radical (unpaired) electrons. The highest BCUT2D eigenvalue weighted by Gasteiger charge is 2.31. The molecule has 0 aromatic heterocycles. The number of rotatable bonds is 4. The Bertz CT molecular complexity index is 577. The molecule has 1 aliphatic rings. The molecule has 2 aromatic carbocycles. The number of nitrogens with one attached hydrogen (secondary N) is 1. The molecule has 1 fully saturated rings. The van der Waals surface area contributed by atoms with Crippen molar-refractivity contribution in [1.82, 2.24) is 5.32 Å². The molecule has 0 bridgehead atoms. The fraction of sp³-hybridized carbons (Fsp3) is 0.333. The van der Waals surface area contributed by atoms with Crippen LogP contribution in [0.5, 0.6) is 5.75 Å². The van der Waals surface area contributed by atoms with Gasteiger partial charge in [0.25, 0.3) is 0 Å². The number of hydrogen-bond donors (Lipinski definition) is 2. The third kappa shape index (κ3) is 3.43. The minimum atomic E-state index is -0.773. The number of hydrogen-bond acceptors (Lipinski definition) is 3. The van der Waals surface area contributed by atoms with Crippen LogP contribution in [-0.4, -0.2) is 18.2 Å². The number of ether oxygens (including phenoxy) is 1. The van der Waals surface area contributed by atoms with Crippen molar-refractivity contribution in [2.75, 3.05) is 13.1 Å². The van der Waals surface area contributed by atoms with E-state index in [0.29, 0.717) is 13.2 Å². The predicted octanol–water partition coefficient (Wildman–Crippen LogP) is 2.84. The monoisotopic (exact) mass is 283 g/mol. The summed E-state index contributed by atoms with van der Waals surface area (Å²) in [5, 5.41) is 14.0. The summed E-state index contributed by atoms with van der Waals surface area (Å²) >= 11 is 0. The van der Waals surface area contributed by atoms with Gasteiger partial charge in [0, 0.05) is 6.54 Å². The van der Waals surface area contributed by atoms with E-state index in [-0.39, 0.29) is 0 Å². The van der Waals surface area contributed by atoms with Crippen LogP contribution in [0, 0.1) is 0 Å². The molecule has 1 aliphatic heterocycles. The summed E-state index contributed by atoms with van der Waals surface area (Å²) in [5.41, 5.74) is 1.30. The van der Waals surface area contributed by atoms with Gasteiger partial charge in [0.2, 0.25) is 0 Å². The molecule has 3 rings (SSSR count). The zero-order valence-electron chi connectivity index (χ0n) is 12.1. The highest BCUT2D eigenvalue weighted by atomic mass is 16.5. The Morgan fingerprint density at radius 2 is 1.95 bits per heavy atom. The third-order valence-electron chi connectivity index (χ3n) is 3.98. The Balaban J connectivity index is 1.71. The third-order valence-corrected chi connectivity index (χ3v) is 3.98. The minimum Gasteiger partial charge on any atom is -0.489 e. The van der Waals surface area contributed by atoms with E-state index in [2.05, 4.69) is 5.32 Å². The van der Waals surface area contributed by atoms with Crippen LogP contribution in [0.1, 0.15) is 24.0 Å². The first-order chi connectivity index (χ1) is 10.3. The maximum atomic E-state index is 10.7. The maximum Gasteiger partial charge on any atom is 0.120 e. The summed E-state index contributed by atoms with van der Waals surface area (Å²) in [6, 6.07) is 17.9. The van der Waals surface area contributed by atoms with Gasteiger partial charge < -0.3 is 15.2 Å².